The molecule has 0 bridgehead atoms. The van der Waals surface area contributed by atoms with Crippen molar-refractivity contribution < 1.29 is 0 Å². The summed E-state index contributed by atoms with van der Waals surface area (Å²) in [4.78, 5) is 5.27. The van der Waals surface area contributed by atoms with Crippen LogP contribution in [-0.4, -0.2) is 10.6 Å². The molecule has 0 saturated carbocycles. The van der Waals surface area contributed by atoms with Gasteiger partial charge in [-0.15, -0.1) is 0 Å². The van der Waals surface area contributed by atoms with Crippen molar-refractivity contribution in [2.75, 3.05) is 9.80 Å². The predicted octanol–water partition coefficient (Wildman–Crippen LogP) is 13.7. The first-order valence-electron chi connectivity index (χ1n) is 22.7. The number of anilines is 4. The molecule has 0 fully saturated rings. The van der Waals surface area contributed by atoms with E-state index in [0.29, 0.717) is 0 Å². The molecule has 5 nitrogen and oxygen atoms in total. The van der Waals surface area contributed by atoms with Gasteiger partial charge in [0, 0.05) is 56.6 Å². The second-order valence-corrected chi connectivity index (χ2v) is 17.9. The zero-order valence-corrected chi connectivity index (χ0v) is 35.6. The Morgan fingerprint density at radius 3 is 2.08 bits per heavy atom. The fourth-order valence-electron chi connectivity index (χ4n) is 11.5. The molecule has 5 atom stereocenters. The highest BCUT2D eigenvalue weighted by Gasteiger charge is 2.48. The molecule has 2 N–H and O–H groups in total. The number of allylic oxidation sites excluding steroid dienone is 6. The van der Waals surface area contributed by atoms with Gasteiger partial charge in [0.2, 0.25) is 0 Å². The van der Waals surface area contributed by atoms with Crippen LogP contribution in [0.1, 0.15) is 59.0 Å². The lowest BCUT2D eigenvalue weighted by atomic mass is 9.83. The second kappa shape index (κ2) is 14.5. The van der Waals surface area contributed by atoms with Crippen molar-refractivity contribution in [3.8, 4) is 5.69 Å². The van der Waals surface area contributed by atoms with E-state index in [-0.39, 0.29) is 23.9 Å². The summed E-state index contributed by atoms with van der Waals surface area (Å²) in [5.41, 5.74) is 16.8. The van der Waals surface area contributed by atoms with Crippen LogP contribution in [0.5, 0.6) is 0 Å². The monoisotopic (exact) mass is 825 g/mol. The highest BCUT2D eigenvalue weighted by Crippen LogP contribution is 2.62. The summed E-state index contributed by atoms with van der Waals surface area (Å²) in [7, 11) is 0. The molecule has 0 radical (unpaired) electrons. The first-order valence-corrected chi connectivity index (χ1v) is 22.7. The molecule has 2 aliphatic carbocycles. The molecular weight excluding hydrogens is 779 g/mol. The summed E-state index contributed by atoms with van der Waals surface area (Å²) < 4.78 is 2.44. The topological polar surface area (TPSA) is 35.5 Å². The maximum Gasteiger partial charge on any atom is 0.112 e. The number of aromatic nitrogens is 1. The van der Waals surface area contributed by atoms with Crippen LogP contribution in [0.25, 0.3) is 33.2 Å². The molecule has 4 heterocycles. The highest BCUT2D eigenvalue weighted by molar-refractivity contribution is 6.10. The quantitative estimate of drug-likeness (QED) is 0.175. The van der Waals surface area contributed by atoms with E-state index in [4.69, 9.17) is 0 Å². The molecule has 5 heteroatoms. The second-order valence-electron chi connectivity index (χ2n) is 17.9. The summed E-state index contributed by atoms with van der Waals surface area (Å²) in [6, 6.07) is 62.1. The van der Waals surface area contributed by atoms with Gasteiger partial charge in [0.1, 0.15) is 5.66 Å². The van der Waals surface area contributed by atoms with Crippen molar-refractivity contribution in [1.82, 2.24) is 15.2 Å². The van der Waals surface area contributed by atoms with E-state index in [9.17, 15) is 0 Å². The molecule has 5 aliphatic rings. The summed E-state index contributed by atoms with van der Waals surface area (Å²) in [5, 5.41) is 10.7. The molecule has 308 valence electrons. The van der Waals surface area contributed by atoms with Gasteiger partial charge in [0.25, 0.3) is 0 Å². The maximum absolute atomic E-state index is 4.23. The van der Waals surface area contributed by atoms with Crippen LogP contribution in [0.3, 0.4) is 0 Å². The third kappa shape index (κ3) is 5.60. The minimum atomic E-state index is -0.573. The van der Waals surface area contributed by atoms with Crippen molar-refractivity contribution in [2.45, 2.75) is 42.9 Å². The van der Waals surface area contributed by atoms with Crippen molar-refractivity contribution >= 4 is 50.3 Å². The van der Waals surface area contributed by atoms with E-state index in [1.807, 2.05) is 0 Å². The molecule has 64 heavy (non-hydrogen) atoms. The Kier molecular flexibility index (Phi) is 8.37. The minimum Gasteiger partial charge on any atom is -0.363 e. The van der Waals surface area contributed by atoms with Crippen LogP contribution in [0.2, 0.25) is 0 Å². The molecule has 0 saturated heterocycles. The Hall–Kier alpha value is -7.60. The van der Waals surface area contributed by atoms with Gasteiger partial charge >= 0.3 is 0 Å². The van der Waals surface area contributed by atoms with E-state index < -0.39 is 5.66 Å². The fraction of sp³-hybridized carbons (Fsp3) is 0.119. The maximum atomic E-state index is 4.23. The van der Waals surface area contributed by atoms with Gasteiger partial charge in [0.15, 0.2) is 0 Å². The Balaban J connectivity index is 1.11. The van der Waals surface area contributed by atoms with Crippen molar-refractivity contribution in [1.29, 1.82) is 0 Å². The van der Waals surface area contributed by atoms with Crippen LogP contribution >= 0.6 is 0 Å². The lowest BCUT2D eigenvalue weighted by Gasteiger charge is -2.42. The zero-order chi connectivity index (χ0) is 42.4. The van der Waals surface area contributed by atoms with Gasteiger partial charge in [0.05, 0.1) is 34.5 Å². The normalized spacial score (nSPS) is 22.8. The predicted molar refractivity (Wildman–Crippen MR) is 265 cm³/mol. The summed E-state index contributed by atoms with van der Waals surface area (Å²) in [5.74, 6) is 0.353. The third-order valence-corrected chi connectivity index (χ3v) is 14.2. The van der Waals surface area contributed by atoms with Crippen molar-refractivity contribution in [2.24, 2.45) is 0 Å². The number of nitrogens with zero attached hydrogens (tertiary/aromatic N) is 3. The van der Waals surface area contributed by atoms with Gasteiger partial charge < -0.3 is 19.7 Å². The Morgan fingerprint density at radius 1 is 0.594 bits per heavy atom. The molecular formula is C59H47N5. The molecule has 0 amide bonds. The van der Waals surface area contributed by atoms with Crippen LogP contribution in [0.4, 0.5) is 22.7 Å². The van der Waals surface area contributed by atoms with E-state index in [0.717, 1.165) is 23.5 Å². The third-order valence-electron chi connectivity index (χ3n) is 14.2. The number of fused-ring (bicyclic) bond motifs is 10. The van der Waals surface area contributed by atoms with Gasteiger partial charge in [-0.05, 0) is 96.3 Å². The van der Waals surface area contributed by atoms with Gasteiger partial charge in [-0.2, -0.15) is 0 Å². The average Bonchev–Trinajstić information content (AvgIpc) is 4.00. The molecule has 1 aromatic heterocycles. The Morgan fingerprint density at radius 2 is 1.28 bits per heavy atom. The number of nitrogens with one attached hydrogen (secondary N) is 2. The molecule has 13 rings (SSSR count). The lowest BCUT2D eigenvalue weighted by molar-refractivity contribution is 0.294. The first kappa shape index (κ1) is 37.0. The SMILES string of the molecule is CC1(c2ccccc2)NC(c2ccccc2)=CC(c2cc3c(c4c2N(c2ccc5c6ccccc6n(-c6ccccc6)c5c2)C2=CC=CCC24)N(c2ccccc2)C2C=CC=CC32)N1. The van der Waals surface area contributed by atoms with Crippen LogP contribution < -0.4 is 20.4 Å². The van der Waals surface area contributed by atoms with E-state index >= 15 is 0 Å². The van der Waals surface area contributed by atoms with Crippen molar-refractivity contribution in [3.05, 3.63) is 252 Å². The average molecular weight is 826 g/mol. The number of para-hydroxylation sites is 3. The summed E-state index contributed by atoms with van der Waals surface area (Å²) in [6.45, 7) is 2.29. The van der Waals surface area contributed by atoms with E-state index in [1.165, 1.54) is 72.4 Å². The standard InChI is InChI=1S/C59H47N5/c1-59(40-22-8-3-9-23-40)60-50(39-20-6-2-7-21-39)38-51(61-59)49-37-48-45-29-15-18-32-53(45)63(42-26-12-5-13-27-42)57(48)56-47-30-16-19-33-54(47)64(58(49)56)43-34-35-46-44-28-14-17-31-52(44)62(55(46)36-43)41-24-10-4-11-25-41/h2-29,31-38,45,47,51,53,60-61H,30H2,1H3. The van der Waals surface area contributed by atoms with Crippen LogP contribution in [0, 0.1) is 0 Å². The number of benzene rings is 7. The number of hydrogen-bond donors (Lipinski definition) is 2. The minimum absolute atomic E-state index is 0.149. The largest absolute Gasteiger partial charge is 0.363 e. The number of hydrogen-bond acceptors (Lipinski definition) is 4. The molecule has 7 aromatic carbocycles. The van der Waals surface area contributed by atoms with Gasteiger partial charge in [-0.25, -0.2) is 0 Å². The smallest absolute Gasteiger partial charge is 0.112 e. The first-order chi connectivity index (χ1) is 31.6. The fourth-order valence-corrected chi connectivity index (χ4v) is 11.5. The molecule has 8 aromatic rings. The lowest BCUT2D eigenvalue weighted by Crippen LogP contribution is -2.54. The summed E-state index contributed by atoms with van der Waals surface area (Å²) >= 11 is 0. The van der Waals surface area contributed by atoms with E-state index in [2.05, 4.69) is 250 Å². The molecule has 3 aliphatic heterocycles. The molecule has 0 spiro atoms. The van der Waals surface area contributed by atoms with Crippen LogP contribution in [-0.2, 0) is 5.66 Å². The highest BCUT2D eigenvalue weighted by atomic mass is 15.3. The van der Waals surface area contributed by atoms with E-state index in [1.54, 1.807) is 0 Å². The van der Waals surface area contributed by atoms with Crippen LogP contribution in [0.15, 0.2) is 224 Å². The Labute approximate surface area is 374 Å². The zero-order valence-electron chi connectivity index (χ0n) is 35.6. The number of rotatable bonds is 6. The Bertz CT molecular complexity index is 3290. The van der Waals surface area contributed by atoms with Crippen molar-refractivity contribution in [3.63, 3.8) is 0 Å². The summed E-state index contributed by atoms with van der Waals surface area (Å²) in [6.07, 6.45) is 19.7. The van der Waals surface area contributed by atoms with Gasteiger partial charge in [-0.3, -0.25) is 5.32 Å². The molecule has 5 unspecified atom stereocenters. The van der Waals surface area contributed by atoms with Gasteiger partial charge in [-0.1, -0.05) is 158 Å².